The summed E-state index contributed by atoms with van der Waals surface area (Å²) in [6.45, 7) is 6.96. The summed E-state index contributed by atoms with van der Waals surface area (Å²) in [6, 6.07) is 16.9. The highest BCUT2D eigenvalue weighted by molar-refractivity contribution is 7.92. The molecule has 1 atom stereocenters. The molecule has 0 unspecified atom stereocenters. The smallest absolute Gasteiger partial charge is 0.229 e. The van der Waals surface area contributed by atoms with Crippen LogP contribution in [0.4, 0.5) is 5.69 Å². The molecule has 0 aromatic heterocycles. The Bertz CT molecular complexity index is 1460. The van der Waals surface area contributed by atoms with Crippen LogP contribution in [0.15, 0.2) is 60.7 Å². The molecule has 3 aromatic carbocycles. The fourth-order valence-corrected chi connectivity index (χ4v) is 5.38. The van der Waals surface area contributed by atoms with Gasteiger partial charge in [-0.15, -0.1) is 0 Å². The van der Waals surface area contributed by atoms with Crippen LogP contribution < -0.4 is 10.0 Å². The first kappa shape index (κ1) is 32.2. The van der Waals surface area contributed by atoms with E-state index >= 15 is 0 Å². The van der Waals surface area contributed by atoms with Gasteiger partial charge in [0.05, 0.1) is 24.5 Å². The second-order valence-corrected chi connectivity index (χ2v) is 13.0. The minimum absolute atomic E-state index is 0.00187. The maximum atomic E-state index is 13.1. The second-order valence-electron chi connectivity index (χ2n) is 10.8. The number of phenols is 2. The van der Waals surface area contributed by atoms with Gasteiger partial charge in [-0.3, -0.25) is 9.52 Å². The summed E-state index contributed by atoms with van der Waals surface area (Å²) in [4.78, 5) is 14.8. The average molecular weight is 604 g/mol. The number of carbonyl (C=O) groups is 1. The van der Waals surface area contributed by atoms with Crippen molar-refractivity contribution < 1.29 is 28.5 Å². The number of rotatable bonds is 13. The van der Waals surface area contributed by atoms with Gasteiger partial charge < -0.3 is 25.5 Å². The Morgan fingerprint density at radius 1 is 1.02 bits per heavy atom. The quantitative estimate of drug-likeness (QED) is 0.183. The van der Waals surface area contributed by atoms with Crippen LogP contribution in [0.1, 0.15) is 49.1 Å². The van der Waals surface area contributed by atoms with E-state index in [2.05, 4.69) is 10.0 Å². The third kappa shape index (κ3) is 10.2. The maximum absolute atomic E-state index is 13.1. The molecule has 41 heavy (non-hydrogen) atoms. The number of sulfonamides is 1. The second kappa shape index (κ2) is 13.6. The number of hydrogen-bond acceptors (Lipinski definition) is 7. The van der Waals surface area contributed by atoms with Crippen molar-refractivity contribution >= 4 is 33.2 Å². The molecule has 11 heteroatoms. The molecule has 3 rings (SSSR count). The van der Waals surface area contributed by atoms with Crippen molar-refractivity contribution in [3.8, 4) is 11.5 Å². The topological polar surface area (TPSA) is 139 Å². The number of anilines is 1. The number of aromatic hydroxyl groups is 2. The van der Waals surface area contributed by atoms with Gasteiger partial charge in [-0.25, -0.2) is 8.42 Å². The van der Waals surface area contributed by atoms with E-state index in [-0.39, 0.29) is 36.1 Å². The number of benzene rings is 3. The summed E-state index contributed by atoms with van der Waals surface area (Å²) in [5.41, 5.74) is 2.69. The number of amides is 1. The average Bonchev–Trinajstić information content (AvgIpc) is 2.85. The molecule has 0 saturated carbocycles. The molecule has 0 saturated heterocycles. The number of β-amino-alcohol motifs (C(OH)–C–C–N with tert-alkyl or cyclic N) is 1. The summed E-state index contributed by atoms with van der Waals surface area (Å²) in [6.07, 6.45) is 0.890. The molecule has 0 aliphatic rings. The fourth-order valence-electron chi connectivity index (χ4n) is 4.56. The van der Waals surface area contributed by atoms with Crippen molar-refractivity contribution in [2.45, 2.75) is 51.8 Å². The molecule has 1 amide bonds. The predicted molar refractivity (Wildman–Crippen MR) is 162 cm³/mol. The zero-order valence-electron chi connectivity index (χ0n) is 23.7. The zero-order chi connectivity index (χ0) is 30.4. The Balaban J connectivity index is 1.61. The highest BCUT2D eigenvalue weighted by atomic mass is 35.5. The van der Waals surface area contributed by atoms with Crippen LogP contribution in [-0.4, -0.2) is 59.4 Å². The lowest BCUT2D eigenvalue weighted by molar-refractivity contribution is -0.130. The van der Waals surface area contributed by atoms with Gasteiger partial charge in [0.25, 0.3) is 0 Å². The molecule has 0 spiro atoms. The molecule has 5 N–H and O–H groups in total. The van der Waals surface area contributed by atoms with E-state index in [1.807, 2.05) is 45.0 Å². The van der Waals surface area contributed by atoms with Gasteiger partial charge in [0.2, 0.25) is 15.9 Å². The van der Waals surface area contributed by atoms with E-state index in [1.165, 1.54) is 24.3 Å². The lowest BCUT2D eigenvalue weighted by Gasteiger charge is -2.28. The number of nitrogens with one attached hydrogen (secondary N) is 2. The maximum Gasteiger partial charge on any atom is 0.229 e. The van der Waals surface area contributed by atoms with Crippen LogP contribution in [0.3, 0.4) is 0 Å². The van der Waals surface area contributed by atoms with Crippen molar-refractivity contribution in [2.75, 3.05) is 24.1 Å². The molecule has 0 bridgehead atoms. The Hall–Kier alpha value is -3.31. The van der Waals surface area contributed by atoms with Crippen LogP contribution in [0.5, 0.6) is 11.5 Å². The normalized spacial score (nSPS) is 12.6. The number of halogens is 1. The minimum Gasteiger partial charge on any atom is -0.508 e. The van der Waals surface area contributed by atoms with Crippen molar-refractivity contribution in [3.05, 3.63) is 87.9 Å². The first-order valence-electron chi connectivity index (χ1n) is 13.2. The van der Waals surface area contributed by atoms with Gasteiger partial charge in [0.15, 0.2) is 0 Å². The monoisotopic (exact) mass is 603 g/mol. The summed E-state index contributed by atoms with van der Waals surface area (Å²) in [5.74, 6) is -0.212. The van der Waals surface area contributed by atoms with Crippen molar-refractivity contribution in [2.24, 2.45) is 0 Å². The Morgan fingerprint density at radius 3 is 2.39 bits per heavy atom. The molecule has 0 radical (unpaired) electrons. The third-order valence-electron chi connectivity index (χ3n) is 6.52. The molecule has 0 fully saturated rings. The molecular formula is C30H38ClN3O6S. The highest BCUT2D eigenvalue weighted by Crippen LogP contribution is 2.28. The number of phenolic OH excluding ortho intramolecular Hbond substituents is 2. The molecule has 0 aliphatic carbocycles. The summed E-state index contributed by atoms with van der Waals surface area (Å²) < 4.78 is 25.4. The summed E-state index contributed by atoms with van der Waals surface area (Å²) in [5, 5.41) is 34.3. The summed E-state index contributed by atoms with van der Waals surface area (Å²) >= 11 is 6.05. The number of carbonyl (C=O) groups excluding carboxylic acids is 1. The standard InChI is InChI=1S/C30H38ClN3O6S/c1-5-34(19-22-12-24(31)16-25(35)13-22)29(38)14-20-7-6-8-21(11-20)17-30(2,3)32-18-28(37)23-9-10-27(36)26(15-23)33-41(4,39)40/h6-13,15-16,28,32-33,35-37H,5,14,17-19H2,1-4H3/t28-/m0/s1. The first-order valence-corrected chi connectivity index (χ1v) is 15.5. The Kier molecular flexibility index (Phi) is 10.7. The summed E-state index contributed by atoms with van der Waals surface area (Å²) in [7, 11) is -3.59. The lowest BCUT2D eigenvalue weighted by atomic mass is 9.93. The predicted octanol–water partition coefficient (Wildman–Crippen LogP) is 4.36. The van der Waals surface area contributed by atoms with E-state index in [4.69, 9.17) is 11.6 Å². The third-order valence-corrected chi connectivity index (χ3v) is 7.33. The molecule has 3 aromatic rings. The van der Waals surface area contributed by atoms with E-state index < -0.39 is 21.7 Å². The molecule has 0 heterocycles. The Labute approximate surface area is 246 Å². The van der Waals surface area contributed by atoms with Crippen LogP contribution >= 0.6 is 11.6 Å². The SMILES string of the molecule is CCN(Cc1cc(O)cc(Cl)c1)C(=O)Cc1cccc(CC(C)(C)NC[C@H](O)c2ccc(O)c(NS(C)(=O)=O)c2)c1. The molecular weight excluding hydrogens is 566 g/mol. The molecule has 9 nitrogen and oxygen atoms in total. The molecule has 0 aliphatic heterocycles. The van der Waals surface area contributed by atoms with E-state index in [0.29, 0.717) is 30.1 Å². The lowest BCUT2D eigenvalue weighted by Crippen LogP contribution is -2.43. The molecule has 222 valence electrons. The highest BCUT2D eigenvalue weighted by Gasteiger charge is 2.21. The van der Waals surface area contributed by atoms with Gasteiger partial charge in [0, 0.05) is 30.2 Å². The largest absolute Gasteiger partial charge is 0.508 e. The number of nitrogens with zero attached hydrogens (tertiary/aromatic N) is 1. The van der Waals surface area contributed by atoms with E-state index in [1.54, 1.807) is 17.0 Å². The van der Waals surface area contributed by atoms with Gasteiger partial charge in [-0.1, -0.05) is 41.9 Å². The van der Waals surface area contributed by atoms with Gasteiger partial charge >= 0.3 is 0 Å². The van der Waals surface area contributed by atoms with Crippen molar-refractivity contribution in [3.63, 3.8) is 0 Å². The minimum atomic E-state index is -3.59. The van der Waals surface area contributed by atoms with Gasteiger partial charge in [-0.2, -0.15) is 0 Å². The van der Waals surface area contributed by atoms with Gasteiger partial charge in [-0.05, 0) is 79.8 Å². The van der Waals surface area contributed by atoms with E-state index in [0.717, 1.165) is 22.9 Å². The van der Waals surface area contributed by atoms with Crippen LogP contribution in [0, 0.1) is 0 Å². The Morgan fingerprint density at radius 2 is 1.73 bits per heavy atom. The van der Waals surface area contributed by atoms with Crippen LogP contribution in [0.25, 0.3) is 0 Å². The zero-order valence-corrected chi connectivity index (χ0v) is 25.3. The van der Waals surface area contributed by atoms with Crippen molar-refractivity contribution in [1.82, 2.24) is 10.2 Å². The number of aliphatic hydroxyl groups is 1. The number of hydrogen-bond donors (Lipinski definition) is 5. The van der Waals surface area contributed by atoms with Crippen LogP contribution in [0.2, 0.25) is 5.02 Å². The first-order chi connectivity index (χ1) is 19.1. The fraction of sp³-hybridized carbons (Fsp3) is 0.367. The van der Waals surface area contributed by atoms with Crippen molar-refractivity contribution in [1.29, 1.82) is 0 Å². The van der Waals surface area contributed by atoms with Crippen LogP contribution in [-0.2, 0) is 34.2 Å². The number of likely N-dealkylation sites (N-methyl/N-ethyl adjacent to an activating group) is 1. The van der Waals surface area contributed by atoms with Gasteiger partial charge in [0.1, 0.15) is 11.5 Å². The number of aliphatic hydroxyl groups excluding tert-OH is 1. The van der Waals surface area contributed by atoms with E-state index in [9.17, 15) is 28.5 Å².